The van der Waals surface area contributed by atoms with E-state index >= 15 is 0 Å². The van der Waals surface area contributed by atoms with E-state index in [0.717, 1.165) is 0 Å². The first kappa shape index (κ1) is 6.03. The fourth-order valence-electron chi connectivity index (χ4n) is 0.397. The van der Waals surface area contributed by atoms with Crippen LogP contribution in [0.3, 0.4) is 0 Å². The Labute approximate surface area is 55.3 Å². The van der Waals surface area contributed by atoms with Gasteiger partial charge < -0.3 is 17.6 Å². The number of aromatic nitrogens is 2. The van der Waals surface area contributed by atoms with Crippen LogP contribution in [-0.4, -0.2) is 9.97 Å². The van der Waals surface area contributed by atoms with Gasteiger partial charge in [-0.25, -0.2) is 4.79 Å². The largest absolute Gasteiger partial charge is 0.773 e. The molecule has 1 rings (SSSR count). The number of rotatable bonds is 0. The van der Waals surface area contributed by atoms with E-state index < -0.39 is 11.2 Å². The number of aromatic amines is 2. The highest BCUT2D eigenvalue weighted by Crippen LogP contribution is 1.74. The predicted octanol–water partition coefficient (Wildman–Crippen LogP) is -1.03. The predicted molar refractivity (Wildman–Crippen MR) is 33.3 cm³/mol. The third kappa shape index (κ3) is 1.17. The maximum atomic E-state index is 10.5. The van der Waals surface area contributed by atoms with E-state index in [4.69, 9.17) is 0 Å². The molecular formula is C4H3N2O2S-. The highest BCUT2D eigenvalue weighted by molar-refractivity contribution is 7.58. The lowest BCUT2D eigenvalue weighted by molar-refractivity contribution is 0.979. The summed E-state index contributed by atoms with van der Waals surface area (Å²) in [5.74, 6) is 0. The Kier molecular flexibility index (Phi) is 1.35. The van der Waals surface area contributed by atoms with Gasteiger partial charge in [0.05, 0.1) is 0 Å². The third-order valence-corrected chi connectivity index (χ3v) is 1.09. The summed E-state index contributed by atoms with van der Waals surface area (Å²) < 4.78 is 0. The maximum Gasteiger partial charge on any atom is 0.325 e. The Morgan fingerprint density at radius 1 is 1.44 bits per heavy atom. The minimum atomic E-state index is -0.534. The minimum Gasteiger partial charge on any atom is -0.773 e. The average Bonchev–Trinajstić information content (AvgIpc) is 1.80. The monoisotopic (exact) mass is 143 g/mol. The van der Waals surface area contributed by atoms with E-state index in [2.05, 4.69) is 17.6 Å². The van der Waals surface area contributed by atoms with Crippen molar-refractivity contribution in [2.45, 2.75) is 4.90 Å². The lowest BCUT2D eigenvalue weighted by Gasteiger charge is -1.97. The average molecular weight is 143 g/mol. The van der Waals surface area contributed by atoms with Gasteiger partial charge in [0.15, 0.2) is 0 Å². The van der Waals surface area contributed by atoms with E-state index in [1.807, 2.05) is 4.98 Å². The molecule has 0 saturated heterocycles. The Hall–Kier alpha value is -1.10. The first-order chi connectivity index (χ1) is 4.20. The van der Waals surface area contributed by atoms with E-state index in [-0.39, 0.29) is 4.90 Å². The number of H-pyrrole nitrogens is 2. The van der Waals surface area contributed by atoms with Crippen LogP contribution < -0.4 is 11.2 Å². The van der Waals surface area contributed by atoms with E-state index in [1.165, 1.54) is 6.20 Å². The van der Waals surface area contributed by atoms with E-state index in [1.54, 1.807) is 0 Å². The van der Waals surface area contributed by atoms with Crippen LogP contribution >= 0.6 is 0 Å². The fourth-order valence-corrected chi connectivity index (χ4v) is 0.507. The normalized spacial score (nSPS) is 9.33. The summed E-state index contributed by atoms with van der Waals surface area (Å²) in [5.41, 5.74) is -1.05. The SMILES string of the molecule is O=c1[nH]cc([S-])c(=O)[nH]1. The quantitative estimate of drug-likeness (QED) is 0.456. The molecule has 0 saturated carbocycles. The molecule has 1 heterocycles. The summed E-state index contributed by atoms with van der Waals surface area (Å²) >= 11 is 4.50. The highest BCUT2D eigenvalue weighted by Gasteiger charge is 1.81. The first-order valence-corrected chi connectivity index (χ1v) is 2.60. The van der Waals surface area contributed by atoms with Crippen molar-refractivity contribution in [2.75, 3.05) is 0 Å². The zero-order chi connectivity index (χ0) is 6.85. The van der Waals surface area contributed by atoms with Crippen LogP contribution in [-0.2, 0) is 12.6 Å². The van der Waals surface area contributed by atoms with Gasteiger partial charge in [-0.1, -0.05) is 4.90 Å². The van der Waals surface area contributed by atoms with Crippen molar-refractivity contribution >= 4 is 12.6 Å². The van der Waals surface area contributed by atoms with Crippen molar-refractivity contribution in [3.8, 4) is 0 Å². The zero-order valence-electron chi connectivity index (χ0n) is 4.30. The Morgan fingerprint density at radius 3 is 2.56 bits per heavy atom. The molecule has 5 heteroatoms. The summed E-state index contributed by atoms with van der Waals surface area (Å²) in [4.78, 5) is 25.0. The van der Waals surface area contributed by atoms with Crippen molar-refractivity contribution in [1.29, 1.82) is 0 Å². The van der Waals surface area contributed by atoms with Gasteiger partial charge in [-0.2, -0.15) is 0 Å². The standard InChI is InChI=1S/C4H4N2O2S/c7-3-2(9)1-5-4(8)6-3/h1,9H,(H2,5,6,7,8)/p-1. The zero-order valence-corrected chi connectivity index (χ0v) is 5.12. The number of hydrogen-bond acceptors (Lipinski definition) is 3. The molecule has 1 aromatic heterocycles. The third-order valence-electron chi connectivity index (χ3n) is 0.785. The lowest BCUT2D eigenvalue weighted by atomic mass is 10.7. The smallest absolute Gasteiger partial charge is 0.325 e. The molecule has 0 radical (unpaired) electrons. The summed E-state index contributed by atoms with van der Waals surface area (Å²) in [7, 11) is 0. The molecule has 2 N–H and O–H groups in total. The molecule has 0 amide bonds. The van der Waals surface area contributed by atoms with Crippen molar-refractivity contribution in [1.82, 2.24) is 9.97 Å². The highest BCUT2D eigenvalue weighted by atomic mass is 32.1. The Balaban J connectivity index is 3.52. The summed E-state index contributed by atoms with van der Waals surface area (Å²) in [6.07, 6.45) is 1.19. The number of nitrogens with one attached hydrogen (secondary N) is 2. The first-order valence-electron chi connectivity index (χ1n) is 2.19. The van der Waals surface area contributed by atoms with Gasteiger partial charge in [0, 0.05) is 0 Å². The van der Waals surface area contributed by atoms with Gasteiger partial charge in [-0.05, 0) is 6.20 Å². The van der Waals surface area contributed by atoms with Crippen LogP contribution in [0, 0.1) is 0 Å². The molecule has 1 aromatic rings. The van der Waals surface area contributed by atoms with Crippen LogP contribution in [0.5, 0.6) is 0 Å². The van der Waals surface area contributed by atoms with Gasteiger partial charge in [-0.3, -0.25) is 9.78 Å². The molecule has 4 nitrogen and oxygen atoms in total. The van der Waals surface area contributed by atoms with Crippen molar-refractivity contribution < 1.29 is 0 Å². The summed E-state index contributed by atoms with van der Waals surface area (Å²) in [6.45, 7) is 0. The maximum absolute atomic E-state index is 10.5. The molecule has 0 fully saturated rings. The fraction of sp³-hybridized carbons (Fsp3) is 0. The second-order valence-corrected chi connectivity index (χ2v) is 1.88. The molecule has 0 unspecified atom stereocenters. The van der Waals surface area contributed by atoms with Crippen LogP contribution in [0.15, 0.2) is 20.7 Å². The van der Waals surface area contributed by atoms with Crippen LogP contribution in [0.25, 0.3) is 0 Å². The minimum absolute atomic E-state index is 0.0922. The molecule has 0 bridgehead atoms. The second-order valence-electron chi connectivity index (χ2n) is 1.44. The summed E-state index contributed by atoms with van der Waals surface area (Å²) in [5, 5.41) is 0. The van der Waals surface area contributed by atoms with Gasteiger partial charge in [0.2, 0.25) is 5.56 Å². The van der Waals surface area contributed by atoms with Crippen molar-refractivity contribution in [2.24, 2.45) is 0 Å². The molecule has 48 valence electrons. The second kappa shape index (κ2) is 2.02. The van der Waals surface area contributed by atoms with Crippen molar-refractivity contribution in [3.05, 3.63) is 27.0 Å². The molecule has 9 heavy (non-hydrogen) atoms. The topological polar surface area (TPSA) is 65.7 Å². The van der Waals surface area contributed by atoms with Crippen LogP contribution in [0.4, 0.5) is 0 Å². The van der Waals surface area contributed by atoms with Gasteiger partial charge >= 0.3 is 5.69 Å². The van der Waals surface area contributed by atoms with Crippen LogP contribution in [0.2, 0.25) is 0 Å². The van der Waals surface area contributed by atoms with E-state index in [0.29, 0.717) is 0 Å². The molecule has 0 atom stereocenters. The van der Waals surface area contributed by atoms with Gasteiger partial charge in [0.25, 0.3) is 0 Å². The lowest BCUT2D eigenvalue weighted by Crippen LogP contribution is -2.22. The Morgan fingerprint density at radius 2 is 2.11 bits per heavy atom. The molecular weight excluding hydrogens is 140 g/mol. The van der Waals surface area contributed by atoms with Gasteiger partial charge in [-0.15, -0.1) is 0 Å². The van der Waals surface area contributed by atoms with E-state index in [9.17, 15) is 9.59 Å². The number of hydrogen-bond donors (Lipinski definition) is 2. The molecule has 0 aromatic carbocycles. The molecule has 0 aliphatic rings. The van der Waals surface area contributed by atoms with Crippen molar-refractivity contribution in [3.63, 3.8) is 0 Å². The molecule has 0 aliphatic carbocycles. The molecule has 0 aliphatic heterocycles. The Bertz CT molecular complexity index is 313. The summed E-state index contributed by atoms with van der Waals surface area (Å²) in [6, 6.07) is 0. The van der Waals surface area contributed by atoms with Crippen LogP contribution in [0.1, 0.15) is 0 Å². The molecule has 0 spiro atoms. The van der Waals surface area contributed by atoms with Gasteiger partial charge in [0.1, 0.15) is 0 Å².